The molecule has 7 heteroatoms. The molecule has 37 heavy (non-hydrogen) atoms. The topological polar surface area (TPSA) is 32.8 Å². The van der Waals surface area contributed by atoms with Gasteiger partial charge in [0.15, 0.2) is 0 Å². The van der Waals surface area contributed by atoms with Gasteiger partial charge in [0.2, 0.25) is 0 Å². The van der Waals surface area contributed by atoms with Gasteiger partial charge in [-0.25, -0.2) is 0 Å². The van der Waals surface area contributed by atoms with Crippen molar-refractivity contribution in [1.29, 1.82) is 0 Å². The number of benzene rings is 3. The second-order valence-corrected chi connectivity index (χ2v) is 10.4. The van der Waals surface area contributed by atoms with Crippen molar-refractivity contribution in [3.05, 3.63) is 99.5 Å². The first kappa shape index (κ1) is 29.3. The number of rotatable bonds is 9. The van der Waals surface area contributed by atoms with Crippen LogP contribution in [-0.4, -0.2) is 56.0 Å². The number of para-hydroxylation sites is 1. The van der Waals surface area contributed by atoms with E-state index in [0.717, 1.165) is 50.2 Å². The third-order valence-corrected chi connectivity index (χ3v) is 7.98. The summed E-state index contributed by atoms with van der Waals surface area (Å²) in [6.45, 7) is 3.69. The summed E-state index contributed by atoms with van der Waals surface area (Å²) in [4.78, 5) is 17.4. The molecule has 0 aromatic heterocycles. The minimum atomic E-state index is 0. The van der Waals surface area contributed by atoms with Crippen LogP contribution in [0.4, 0.5) is 0 Å². The van der Waals surface area contributed by atoms with Gasteiger partial charge in [-0.3, -0.25) is 4.79 Å². The average molecular weight is 562 g/mol. The summed E-state index contributed by atoms with van der Waals surface area (Å²) in [5.41, 5.74) is 3.13. The Morgan fingerprint density at radius 1 is 1.00 bits per heavy atom. The van der Waals surface area contributed by atoms with Crippen LogP contribution in [0.5, 0.6) is 5.75 Å². The highest BCUT2D eigenvalue weighted by Crippen LogP contribution is 2.35. The maximum Gasteiger partial charge on any atom is 0.253 e. The summed E-state index contributed by atoms with van der Waals surface area (Å²) in [5.74, 6) is 1.70. The molecular weight excluding hydrogens is 527 g/mol. The number of carbonyl (C=O) groups is 1. The van der Waals surface area contributed by atoms with Gasteiger partial charge in [0.05, 0.1) is 17.2 Å². The highest BCUT2D eigenvalue weighted by atomic mass is 35.5. The lowest BCUT2D eigenvalue weighted by atomic mass is 9.88. The molecule has 1 heterocycles. The predicted octanol–water partition coefficient (Wildman–Crippen LogP) is 7.55. The number of methoxy groups -OCH3 is 1. The number of likely N-dealkylation sites (tertiary alicyclic amines) is 1. The molecule has 4 nitrogen and oxygen atoms in total. The van der Waals surface area contributed by atoms with Crippen molar-refractivity contribution in [2.24, 2.45) is 0 Å². The zero-order valence-electron chi connectivity index (χ0n) is 21.4. The molecule has 1 aliphatic rings. The van der Waals surface area contributed by atoms with Gasteiger partial charge in [-0.2, -0.15) is 0 Å². The number of carbonyl (C=O) groups excluding carboxylic acids is 1. The van der Waals surface area contributed by atoms with E-state index < -0.39 is 0 Å². The molecule has 0 saturated carbocycles. The first-order chi connectivity index (χ1) is 17.5. The van der Waals surface area contributed by atoms with E-state index in [4.69, 9.17) is 27.9 Å². The maximum absolute atomic E-state index is 13.0. The van der Waals surface area contributed by atoms with Crippen molar-refractivity contribution in [1.82, 2.24) is 9.80 Å². The third-order valence-electron chi connectivity index (χ3n) is 7.24. The van der Waals surface area contributed by atoms with Crippen molar-refractivity contribution in [3.8, 4) is 5.75 Å². The van der Waals surface area contributed by atoms with Gasteiger partial charge in [-0.1, -0.05) is 65.7 Å². The van der Waals surface area contributed by atoms with E-state index in [1.165, 1.54) is 5.56 Å². The quantitative estimate of drug-likeness (QED) is 0.270. The highest BCUT2D eigenvalue weighted by Gasteiger charge is 2.25. The zero-order chi connectivity index (χ0) is 25.5. The second-order valence-electron chi connectivity index (χ2n) is 9.57. The van der Waals surface area contributed by atoms with Gasteiger partial charge in [-0.15, -0.1) is 12.4 Å². The molecule has 1 atom stereocenters. The van der Waals surface area contributed by atoms with Gasteiger partial charge in [-0.05, 0) is 86.3 Å². The molecule has 1 aliphatic heterocycles. The van der Waals surface area contributed by atoms with Gasteiger partial charge < -0.3 is 14.5 Å². The molecule has 0 bridgehead atoms. The second kappa shape index (κ2) is 14.1. The van der Waals surface area contributed by atoms with Crippen molar-refractivity contribution in [2.45, 2.75) is 31.1 Å². The zero-order valence-corrected chi connectivity index (χ0v) is 23.7. The SMILES string of the molecule is COc1ccccc1C1CCN(CCC(CN(C)C(=O)c2ccccc2)c2ccc(Cl)c(Cl)c2)CC1.Cl. The number of likely N-dealkylation sites (N-methyl/N-ethyl adjacent to an activating group) is 1. The molecule has 1 fully saturated rings. The molecular formula is C30H35Cl3N2O2. The van der Waals surface area contributed by atoms with Crippen LogP contribution in [0, 0.1) is 0 Å². The molecule has 3 aromatic carbocycles. The van der Waals surface area contributed by atoms with E-state index in [-0.39, 0.29) is 24.2 Å². The van der Waals surface area contributed by atoms with Gasteiger partial charge in [0, 0.05) is 25.1 Å². The number of hydrogen-bond acceptors (Lipinski definition) is 3. The fraction of sp³-hybridized carbons (Fsp3) is 0.367. The summed E-state index contributed by atoms with van der Waals surface area (Å²) in [6.07, 6.45) is 3.16. The number of piperidine rings is 1. The molecule has 1 amide bonds. The van der Waals surface area contributed by atoms with Gasteiger partial charge in [0.1, 0.15) is 5.75 Å². The Labute approximate surface area is 236 Å². The maximum atomic E-state index is 13.0. The highest BCUT2D eigenvalue weighted by molar-refractivity contribution is 6.42. The van der Waals surface area contributed by atoms with Crippen LogP contribution in [0.1, 0.15) is 52.6 Å². The van der Waals surface area contributed by atoms with E-state index >= 15 is 0 Å². The van der Waals surface area contributed by atoms with E-state index in [1.54, 1.807) is 7.11 Å². The molecule has 1 saturated heterocycles. The van der Waals surface area contributed by atoms with E-state index in [0.29, 0.717) is 28.1 Å². The van der Waals surface area contributed by atoms with Crippen molar-refractivity contribution in [3.63, 3.8) is 0 Å². The van der Waals surface area contributed by atoms with Crippen molar-refractivity contribution in [2.75, 3.05) is 40.3 Å². The fourth-order valence-corrected chi connectivity index (χ4v) is 5.46. The van der Waals surface area contributed by atoms with E-state index in [1.807, 2.05) is 66.5 Å². The number of amides is 1. The summed E-state index contributed by atoms with van der Waals surface area (Å²) >= 11 is 12.6. The molecule has 198 valence electrons. The van der Waals surface area contributed by atoms with Gasteiger partial charge >= 0.3 is 0 Å². The number of ether oxygens (including phenoxy) is 1. The van der Waals surface area contributed by atoms with Crippen LogP contribution in [0.15, 0.2) is 72.8 Å². The number of halogens is 3. The normalized spacial score (nSPS) is 15.0. The first-order valence-corrected chi connectivity index (χ1v) is 13.3. The standard InChI is InChI=1S/C30H34Cl2N2O2.ClH/c1-33(30(35)23-8-4-3-5-9-23)21-25(24-12-13-27(31)28(32)20-24)16-19-34-17-14-22(15-18-34)26-10-6-7-11-29(26)36-2;/h3-13,20,22,25H,14-19,21H2,1-2H3;1H. The van der Waals surface area contributed by atoms with E-state index in [9.17, 15) is 4.79 Å². The lowest BCUT2D eigenvalue weighted by molar-refractivity contribution is 0.0781. The minimum Gasteiger partial charge on any atom is -0.496 e. The first-order valence-electron chi connectivity index (χ1n) is 12.6. The molecule has 3 aromatic rings. The van der Waals surface area contributed by atoms with Crippen LogP contribution in [-0.2, 0) is 0 Å². The molecule has 1 unspecified atom stereocenters. The average Bonchev–Trinajstić information content (AvgIpc) is 2.92. The Morgan fingerprint density at radius 2 is 1.68 bits per heavy atom. The molecule has 0 radical (unpaired) electrons. The minimum absolute atomic E-state index is 0. The Hall–Kier alpha value is -2.24. The number of nitrogens with zero attached hydrogens (tertiary/aromatic N) is 2. The van der Waals surface area contributed by atoms with E-state index in [2.05, 4.69) is 23.1 Å². The largest absolute Gasteiger partial charge is 0.496 e. The summed E-state index contributed by atoms with van der Waals surface area (Å²) in [5, 5.41) is 1.10. The fourth-order valence-electron chi connectivity index (χ4n) is 5.15. The van der Waals surface area contributed by atoms with Crippen LogP contribution in [0.3, 0.4) is 0 Å². The number of hydrogen-bond donors (Lipinski definition) is 0. The Morgan fingerprint density at radius 3 is 2.35 bits per heavy atom. The van der Waals surface area contributed by atoms with Crippen LogP contribution in [0.25, 0.3) is 0 Å². The predicted molar refractivity (Wildman–Crippen MR) is 156 cm³/mol. The van der Waals surface area contributed by atoms with Crippen molar-refractivity contribution < 1.29 is 9.53 Å². The van der Waals surface area contributed by atoms with Crippen LogP contribution >= 0.6 is 35.6 Å². The lowest BCUT2D eigenvalue weighted by Crippen LogP contribution is -2.36. The van der Waals surface area contributed by atoms with Crippen LogP contribution in [0.2, 0.25) is 10.0 Å². The summed E-state index contributed by atoms with van der Waals surface area (Å²) in [7, 11) is 3.62. The molecule has 0 N–H and O–H groups in total. The smallest absolute Gasteiger partial charge is 0.253 e. The van der Waals surface area contributed by atoms with Crippen LogP contribution < -0.4 is 4.74 Å². The monoisotopic (exact) mass is 560 g/mol. The summed E-state index contributed by atoms with van der Waals surface area (Å²) < 4.78 is 5.59. The van der Waals surface area contributed by atoms with Crippen molar-refractivity contribution >= 4 is 41.5 Å². The third kappa shape index (κ3) is 7.64. The molecule has 0 aliphatic carbocycles. The molecule has 0 spiro atoms. The Kier molecular flexibility index (Phi) is 11.1. The Balaban J connectivity index is 0.00000380. The molecule has 4 rings (SSSR count). The van der Waals surface area contributed by atoms with Gasteiger partial charge in [0.25, 0.3) is 5.91 Å². The lowest BCUT2D eigenvalue weighted by Gasteiger charge is -2.34. The summed E-state index contributed by atoms with van der Waals surface area (Å²) in [6, 6.07) is 23.6. The Bertz CT molecular complexity index is 1150.